The van der Waals surface area contributed by atoms with Gasteiger partial charge in [-0.1, -0.05) is 25.7 Å². The molecule has 0 atom stereocenters. The Bertz CT molecular complexity index is 631. The molecule has 0 heterocycles. The molecule has 0 fully saturated rings. The largest absolute Gasteiger partial charge is 0.465 e. The highest BCUT2D eigenvalue weighted by Gasteiger charge is 2.31. The first kappa shape index (κ1) is 18.9. The summed E-state index contributed by atoms with van der Waals surface area (Å²) in [7, 11) is 2.80. The number of hydrogen-bond donors (Lipinski definition) is 0. The van der Waals surface area contributed by atoms with Gasteiger partial charge in [0.15, 0.2) is 0 Å². The van der Waals surface area contributed by atoms with Crippen molar-refractivity contribution >= 4 is 11.9 Å². The van der Waals surface area contributed by atoms with E-state index >= 15 is 0 Å². The topological polar surface area (TPSA) is 52.6 Å². The van der Waals surface area contributed by atoms with Crippen molar-refractivity contribution in [2.45, 2.75) is 77.0 Å². The number of carbonyl (C=O) groups excluding carboxylic acids is 2. The van der Waals surface area contributed by atoms with Crippen LogP contribution in [0.3, 0.4) is 0 Å². The fourth-order valence-corrected chi connectivity index (χ4v) is 4.69. The SMILES string of the molecule is COC(=O)c1c2c(c3c(c1C(=O)OC)CCCCCC3)CCCCCC2. The third-order valence-corrected chi connectivity index (χ3v) is 5.93. The van der Waals surface area contributed by atoms with Gasteiger partial charge >= 0.3 is 11.9 Å². The number of hydrogen-bond acceptors (Lipinski definition) is 4. The molecule has 1 aromatic rings. The lowest BCUT2D eigenvalue weighted by Crippen LogP contribution is -2.23. The standard InChI is InChI=1S/C22H30O4/c1-25-21(23)19-17-13-9-5-3-7-11-15(17)16-12-8-4-6-10-14-18(16)20(19)22(24)26-2/h3-14H2,1-2H3. The summed E-state index contributed by atoms with van der Waals surface area (Å²) in [5, 5.41) is 0. The van der Waals surface area contributed by atoms with Crippen molar-refractivity contribution in [1.29, 1.82) is 0 Å². The van der Waals surface area contributed by atoms with Crippen LogP contribution in [-0.4, -0.2) is 26.2 Å². The van der Waals surface area contributed by atoms with Crippen molar-refractivity contribution < 1.29 is 19.1 Å². The van der Waals surface area contributed by atoms with Crippen molar-refractivity contribution in [3.05, 3.63) is 33.4 Å². The highest BCUT2D eigenvalue weighted by molar-refractivity contribution is 6.06. The second kappa shape index (κ2) is 8.70. The van der Waals surface area contributed by atoms with Crippen molar-refractivity contribution in [1.82, 2.24) is 0 Å². The smallest absolute Gasteiger partial charge is 0.339 e. The van der Waals surface area contributed by atoms with Gasteiger partial charge in [-0.05, 0) is 73.6 Å². The van der Waals surface area contributed by atoms with Gasteiger partial charge in [0.2, 0.25) is 0 Å². The van der Waals surface area contributed by atoms with E-state index in [0.717, 1.165) is 62.5 Å². The summed E-state index contributed by atoms with van der Waals surface area (Å²) in [6.07, 6.45) is 12.9. The van der Waals surface area contributed by atoms with Crippen LogP contribution < -0.4 is 0 Å². The second-order valence-electron chi connectivity index (χ2n) is 7.48. The van der Waals surface area contributed by atoms with E-state index in [2.05, 4.69) is 0 Å². The molecule has 142 valence electrons. The van der Waals surface area contributed by atoms with E-state index in [9.17, 15) is 9.59 Å². The number of methoxy groups -OCH3 is 2. The van der Waals surface area contributed by atoms with Gasteiger partial charge in [0.1, 0.15) is 0 Å². The van der Waals surface area contributed by atoms with Gasteiger partial charge in [-0.25, -0.2) is 9.59 Å². The van der Waals surface area contributed by atoms with Crippen LogP contribution in [0.5, 0.6) is 0 Å². The molecule has 0 bridgehead atoms. The zero-order valence-corrected chi connectivity index (χ0v) is 16.1. The van der Waals surface area contributed by atoms with Crippen LogP contribution in [0.1, 0.15) is 94.3 Å². The minimum absolute atomic E-state index is 0.396. The molecule has 0 radical (unpaired) electrons. The summed E-state index contributed by atoms with van der Waals surface area (Å²) >= 11 is 0. The van der Waals surface area contributed by atoms with Crippen LogP contribution in [0, 0.1) is 0 Å². The first-order valence-electron chi connectivity index (χ1n) is 10.0. The van der Waals surface area contributed by atoms with Gasteiger partial charge in [0, 0.05) is 0 Å². The van der Waals surface area contributed by atoms with E-state index in [1.165, 1.54) is 51.0 Å². The molecule has 1 aromatic carbocycles. The summed E-state index contributed by atoms with van der Waals surface area (Å²) in [6, 6.07) is 0. The van der Waals surface area contributed by atoms with Gasteiger partial charge in [-0.2, -0.15) is 0 Å². The average Bonchev–Trinajstić information content (AvgIpc) is 2.61. The monoisotopic (exact) mass is 358 g/mol. The fourth-order valence-electron chi connectivity index (χ4n) is 4.69. The molecule has 0 amide bonds. The van der Waals surface area contributed by atoms with Gasteiger partial charge in [0.05, 0.1) is 25.3 Å². The van der Waals surface area contributed by atoms with E-state index in [1.54, 1.807) is 0 Å². The summed E-state index contributed by atoms with van der Waals surface area (Å²) < 4.78 is 10.2. The highest BCUT2D eigenvalue weighted by atomic mass is 16.5. The summed E-state index contributed by atoms with van der Waals surface area (Å²) in [4.78, 5) is 25.5. The van der Waals surface area contributed by atoms with Crippen molar-refractivity contribution in [3.63, 3.8) is 0 Å². The first-order valence-corrected chi connectivity index (χ1v) is 10.0. The van der Waals surface area contributed by atoms with Crippen molar-refractivity contribution in [3.8, 4) is 0 Å². The second-order valence-corrected chi connectivity index (χ2v) is 7.48. The van der Waals surface area contributed by atoms with E-state index < -0.39 is 11.9 Å². The average molecular weight is 358 g/mol. The van der Waals surface area contributed by atoms with Crippen LogP contribution in [0.25, 0.3) is 0 Å². The zero-order chi connectivity index (χ0) is 18.5. The van der Waals surface area contributed by atoms with E-state index in [1.807, 2.05) is 0 Å². The van der Waals surface area contributed by atoms with Crippen molar-refractivity contribution in [2.75, 3.05) is 14.2 Å². The Morgan fingerprint density at radius 1 is 0.538 bits per heavy atom. The molecule has 0 unspecified atom stereocenters. The maximum Gasteiger partial charge on any atom is 0.339 e. The highest BCUT2D eigenvalue weighted by Crippen LogP contribution is 2.36. The minimum atomic E-state index is -0.396. The van der Waals surface area contributed by atoms with Crippen LogP contribution >= 0.6 is 0 Å². The Labute approximate surface area is 156 Å². The Balaban J connectivity index is 2.32. The van der Waals surface area contributed by atoms with Crippen LogP contribution in [0.4, 0.5) is 0 Å². The molecule has 3 rings (SSSR count). The summed E-state index contributed by atoms with van der Waals surface area (Å²) in [5.41, 5.74) is 5.73. The molecule has 0 saturated heterocycles. The molecular formula is C22H30O4. The van der Waals surface area contributed by atoms with E-state index in [-0.39, 0.29) is 0 Å². The fraction of sp³-hybridized carbons (Fsp3) is 0.636. The first-order chi connectivity index (χ1) is 12.7. The Morgan fingerprint density at radius 2 is 0.846 bits per heavy atom. The summed E-state index contributed by atoms with van der Waals surface area (Å²) in [5.74, 6) is -0.792. The van der Waals surface area contributed by atoms with Gasteiger partial charge in [-0.3, -0.25) is 0 Å². The number of carbonyl (C=O) groups is 2. The van der Waals surface area contributed by atoms with Crippen LogP contribution in [0.15, 0.2) is 0 Å². The number of rotatable bonds is 2. The van der Waals surface area contributed by atoms with Gasteiger partial charge < -0.3 is 9.47 Å². The lowest BCUT2D eigenvalue weighted by atomic mass is 9.77. The third-order valence-electron chi connectivity index (χ3n) is 5.93. The molecule has 26 heavy (non-hydrogen) atoms. The molecule has 0 N–H and O–H groups in total. The predicted octanol–water partition coefficient (Wildman–Crippen LogP) is 4.58. The maximum absolute atomic E-state index is 12.7. The Morgan fingerprint density at radius 3 is 1.15 bits per heavy atom. The lowest BCUT2D eigenvalue weighted by Gasteiger charge is -2.27. The molecule has 0 saturated carbocycles. The van der Waals surface area contributed by atoms with Crippen LogP contribution in [-0.2, 0) is 35.2 Å². The number of fused-ring (bicyclic) bond motifs is 3. The quantitative estimate of drug-likeness (QED) is 0.726. The number of ether oxygens (including phenoxy) is 2. The lowest BCUT2D eigenvalue weighted by molar-refractivity contribution is 0.0552. The number of benzene rings is 1. The summed E-state index contributed by atoms with van der Waals surface area (Å²) in [6.45, 7) is 0. The molecule has 0 aliphatic heterocycles. The molecule has 2 aliphatic rings. The van der Waals surface area contributed by atoms with E-state index in [4.69, 9.17) is 9.47 Å². The van der Waals surface area contributed by atoms with Crippen molar-refractivity contribution in [2.24, 2.45) is 0 Å². The predicted molar refractivity (Wildman–Crippen MR) is 101 cm³/mol. The zero-order valence-electron chi connectivity index (χ0n) is 16.1. The van der Waals surface area contributed by atoms with Gasteiger partial charge in [0.25, 0.3) is 0 Å². The molecule has 0 spiro atoms. The molecule has 4 nitrogen and oxygen atoms in total. The Kier molecular flexibility index (Phi) is 6.33. The normalized spacial score (nSPS) is 17.6. The number of esters is 2. The van der Waals surface area contributed by atoms with Gasteiger partial charge in [-0.15, -0.1) is 0 Å². The molecule has 2 aliphatic carbocycles. The molecule has 0 aromatic heterocycles. The van der Waals surface area contributed by atoms with Crippen LogP contribution in [0.2, 0.25) is 0 Å². The molecule has 4 heteroatoms. The van der Waals surface area contributed by atoms with E-state index in [0.29, 0.717) is 11.1 Å². The third kappa shape index (κ3) is 3.65. The molecular weight excluding hydrogens is 328 g/mol. The Hall–Kier alpha value is -1.84. The maximum atomic E-state index is 12.7. The minimum Gasteiger partial charge on any atom is -0.465 e.